The van der Waals surface area contributed by atoms with E-state index < -0.39 is 41.6 Å². The summed E-state index contributed by atoms with van der Waals surface area (Å²) in [5, 5.41) is 3.18. The molecule has 24 heavy (non-hydrogen) atoms. The lowest BCUT2D eigenvalue weighted by molar-refractivity contribution is -0.142. The molecule has 2 heterocycles. The van der Waals surface area contributed by atoms with E-state index in [0.717, 1.165) is 7.05 Å². The fraction of sp³-hybridized carbons (Fsp3) is 0.231. The first-order chi connectivity index (χ1) is 11.1. The lowest BCUT2D eigenvalue weighted by Crippen LogP contribution is -2.19. The van der Waals surface area contributed by atoms with Gasteiger partial charge < -0.3 is 10.5 Å². The zero-order valence-corrected chi connectivity index (χ0v) is 12.9. The monoisotopic (exact) mass is 362 g/mol. The standard InChI is InChI=1S/C13H10ClF3N4O3/c1-21-11(18)9(10(20-21)13(15,16)17)12(23)24-5-8(22)6-2-3-19-4-7(6)14/h2-4H,5,18H2,1H3. The minimum Gasteiger partial charge on any atom is -0.454 e. The van der Waals surface area contributed by atoms with Gasteiger partial charge in [0.2, 0.25) is 5.78 Å². The third kappa shape index (κ3) is 3.48. The van der Waals surface area contributed by atoms with Crippen LogP contribution >= 0.6 is 11.6 Å². The third-order valence-electron chi connectivity index (χ3n) is 2.97. The molecular formula is C13H10ClF3N4O3. The van der Waals surface area contributed by atoms with Crippen LogP contribution in [0.1, 0.15) is 26.4 Å². The minimum atomic E-state index is -4.90. The van der Waals surface area contributed by atoms with Gasteiger partial charge in [-0.15, -0.1) is 0 Å². The van der Waals surface area contributed by atoms with Crippen molar-refractivity contribution in [1.82, 2.24) is 14.8 Å². The Balaban J connectivity index is 2.20. The Morgan fingerprint density at radius 3 is 2.67 bits per heavy atom. The number of rotatable bonds is 4. The topological polar surface area (TPSA) is 100 Å². The number of halogens is 4. The van der Waals surface area contributed by atoms with Crippen LogP contribution in [0, 0.1) is 0 Å². The molecule has 0 saturated carbocycles. The highest BCUT2D eigenvalue weighted by molar-refractivity contribution is 6.33. The van der Waals surface area contributed by atoms with E-state index in [1.165, 1.54) is 18.5 Å². The summed E-state index contributed by atoms with van der Waals surface area (Å²) < 4.78 is 44.0. The Bertz CT molecular complexity index is 804. The molecule has 0 aliphatic carbocycles. The summed E-state index contributed by atoms with van der Waals surface area (Å²) in [7, 11) is 1.14. The van der Waals surface area contributed by atoms with E-state index in [1.807, 2.05) is 0 Å². The molecule has 128 valence electrons. The molecule has 0 spiro atoms. The number of Topliss-reactive ketones (excluding diaryl/α,β-unsaturated/α-hetero) is 1. The number of ether oxygens (including phenoxy) is 1. The van der Waals surface area contributed by atoms with E-state index >= 15 is 0 Å². The van der Waals surface area contributed by atoms with Crippen LogP contribution in [0.5, 0.6) is 0 Å². The Morgan fingerprint density at radius 2 is 2.08 bits per heavy atom. The molecule has 0 saturated heterocycles. The van der Waals surface area contributed by atoms with Crippen LogP contribution in [0.15, 0.2) is 18.5 Å². The summed E-state index contributed by atoms with van der Waals surface area (Å²) in [6.45, 7) is -0.811. The molecule has 0 aromatic carbocycles. The van der Waals surface area contributed by atoms with Crippen molar-refractivity contribution in [2.75, 3.05) is 12.3 Å². The van der Waals surface area contributed by atoms with Gasteiger partial charge in [0.15, 0.2) is 12.3 Å². The summed E-state index contributed by atoms with van der Waals surface area (Å²) in [4.78, 5) is 27.5. The molecule has 0 bridgehead atoms. The summed E-state index contributed by atoms with van der Waals surface area (Å²) in [6.07, 6.45) is -2.40. The number of alkyl halides is 3. The van der Waals surface area contributed by atoms with Crippen LogP contribution in [0.25, 0.3) is 0 Å². The number of carbonyl (C=O) groups is 2. The van der Waals surface area contributed by atoms with Gasteiger partial charge in [0.1, 0.15) is 11.4 Å². The molecule has 0 radical (unpaired) electrons. The fourth-order valence-corrected chi connectivity index (χ4v) is 2.04. The molecule has 0 amide bonds. The predicted molar refractivity (Wildman–Crippen MR) is 76.5 cm³/mol. The number of pyridine rings is 1. The molecule has 11 heteroatoms. The van der Waals surface area contributed by atoms with Gasteiger partial charge in [-0.25, -0.2) is 4.79 Å². The molecule has 7 nitrogen and oxygen atoms in total. The van der Waals surface area contributed by atoms with Crippen molar-refractivity contribution in [3.8, 4) is 0 Å². The van der Waals surface area contributed by atoms with E-state index in [4.69, 9.17) is 17.3 Å². The highest BCUT2D eigenvalue weighted by Crippen LogP contribution is 2.33. The Labute approximate surface area is 138 Å². The van der Waals surface area contributed by atoms with Gasteiger partial charge in [0, 0.05) is 25.0 Å². The zero-order chi connectivity index (χ0) is 18.1. The van der Waals surface area contributed by atoms with Gasteiger partial charge in [0.05, 0.1) is 5.02 Å². The number of nitrogen functional groups attached to an aromatic ring is 1. The molecule has 0 aliphatic heterocycles. The second-order valence-electron chi connectivity index (χ2n) is 4.59. The lowest BCUT2D eigenvalue weighted by atomic mass is 10.2. The molecule has 2 aromatic heterocycles. The molecule has 0 unspecified atom stereocenters. The summed E-state index contributed by atoms with van der Waals surface area (Å²) in [5.74, 6) is -2.64. The zero-order valence-electron chi connectivity index (χ0n) is 12.1. The maximum Gasteiger partial charge on any atom is 0.436 e. The number of aryl methyl sites for hydroxylation is 1. The molecule has 2 aromatic rings. The summed E-state index contributed by atoms with van der Waals surface area (Å²) in [5.41, 5.74) is 3.02. The van der Waals surface area contributed by atoms with Crippen molar-refractivity contribution in [3.05, 3.63) is 40.3 Å². The van der Waals surface area contributed by atoms with Crippen LogP contribution in [0.4, 0.5) is 19.0 Å². The number of carbonyl (C=O) groups excluding carboxylic acids is 2. The maximum absolute atomic E-state index is 12.9. The van der Waals surface area contributed by atoms with Gasteiger partial charge in [0.25, 0.3) is 0 Å². The number of aromatic nitrogens is 3. The van der Waals surface area contributed by atoms with Gasteiger partial charge in [-0.05, 0) is 6.07 Å². The summed E-state index contributed by atoms with van der Waals surface area (Å²) in [6, 6.07) is 1.29. The van der Waals surface area contributed by atoms with Gasteiger partial charge >= 0.3 is 12.1 Å². The normalized spacial score (nSPS) is 11.4. The van der Waals surface area contributed by atoms with Gasteiger partial charge in [-0.2, -0.15) is 18.3 Å². The summed E-state index contributed by atoms with van der Waals surface area (Å²) >= 11 is 5.76. The Hall–Kier alpha value is -2.62. The van der Waals surface area contributed by atoms with E-state index in [9.17, 15) is 22.8 Å². The van der Waals surface area contributed by atoms with E-state index in [0.29, 0.717) is 4.68 Å². The van der Waals surface area contributed by atoms with Crippen molar-refractivity contribution < 1.29 is 27.5 Å². The van der Waals surface area contributed by atoms with E-state index in [-0.39, 0.29) is 10.6 Å². The molecule has 2 N–H and O–H groups in total. The van der Waals surface area contributed by atoms with Crippen molar-refractivity contribution in [2.24, 2.45) is 7.05 Å². The van der Waals surface area contributed by atoms with Crippen molar-refractivity contribution in [1.29, 1.82) is 0 Å². The average Bonchev–Trinajstić information content (AvgIpc) is 2.81. The number of nitrogens with zero attached hydrogens (tertiary/aromatic N) is 3. The molecule has 0 fully saturated rings. The highest BCUT2D eigenvalue weighted by Gasteiger charge is 2.41. The number of ketones is 1. The van der Waals surface area contributed by atoms with Crippen LogP contribution in [-0.2, 0) is 18.0 Å². The second kappa shape index (κ2) is 6.48. The predicted octanol–water partition coefficient (Wildman–Crippen LogP) is 2.11. The number of hydrogen-bond acceptors (Lipinski definition) is 6. The minimum absolute atomic E-state index is 0.0228. The Morgan fingerprint density at radius 1 is 1.42 bits per heavy atom. The van der Waals surface area contributed by atoms with Crippen molar-refractivity contribution in [2.45, 2.75) is 6.18 Å². The highest BCUT2D eigenvalue weighted by atomic mass is 35.5. The first-order valence-electron chi connectivity index (χ1n) is 6.32. The largest absolute Gasteiger partial charge is 0.454 e. The first kappa shape index (κ1) is 17.7. The molecule has 0 atom stereocenters. The second-order valence-corrected chi connectivity index (χ2v) is 4.99. The van der Waals surface area contributed by atoms with Gasteiger partial charge in [-0.1, -0.05) is 11.6 Å². The lowest BCUT2D eigenvalue weighted by Gasteiger charge is -2.08. The smallest absolute Gasteiger partial charge is 0.436 e. The van der Waals surface area contributed by atoms with E-state index in [1.54, 1.807) is 0 Å². The van der Waals surface area contributed by atoms with Crippen LogP contribution in [0.2, 0.25) is 5.02 Å². The van der Waals surface area contributed by atoms with Crippen LogP contribution in [0.3, 0.4) is 0 Å². The quantitative estimate of drug-likeness (QED) is 0.660. The SMILES string of the molecule is Cn1nc(C(F)(F)F)c(C(=O)OCC(=O)c2ccncc2Cl)c1N. The first-order valence-corrected chi connectivity index (χ1v) is 6.70. The third-order valence-corrected chi connectivity index (χ3v) is 3.27. The maximum atomic E-state index is 12.9. The van der Waals surface area contributed by atoms with Crippen molar-refractivity contribution >= 4 is 29.2 Å². The van der Waals surface area contributed by atoms with Crippen LogP contribution < -0.4 is 5.73 Å². The van der Waals surface area contributed by atoms with Crippen LogP contribution in [-0.4, -0.2) is 33.1 Å². The molecular weight excluding hydrogens is 353 g/mol. The fourth-order valence-electron chi connectivity index (χ4n) is 1.82. The van der Waals surface area contributed by atoms with Gasteiger partial charge in [-0.3, -0.25) is 14.5 Å². The number of nitrogens with two attached hydrogens (primary N) is 1. The molecule has 0 aliphatic rings. The molecule has 2 rings (SSSR count). The Kier molecular flexibility index (Phi) is 4.78. The number of anilines is 1. The number of hydrogen-bond donors (Lipinski definition) is 1. The number of esters is 1. The van der Waals surface area contributed by atoms with E-state index in [2.05, 4.69) is 14.8 Å². The van der Waals surface area contributed by atoms with Crippen molar-refractivity contribution in [3.63, 3.8) is 0 Å². The average molecular weight is 363 g/mol.